The zero-order chi connectivity index (χ0) is 20.6. The van der Waals surface area contributed by atoms with Gasteiger partial charge < -0.3 is 4.42 Å². The van der Waals surface area contributed by atoms with Gasteiger partial charge >= 0.3 is 0 Å². The third-order valence-electron chi connectivity index (χ3n) is 4.38. The molecule has 0 saturated carbocycles. The standard InChI is InChI=1S/C20H14N6O3S/c27-30(28,14-7-2-1-3-8-14)26(20-21-11-6-12-22-20)25-19-18-17(23-13-24-19)15-9-4-5-10-16(15)29-18/h1-13H,(H,23,24,25). The van der Waals surface area contributed by atoms with Crippen LogP contribution >= 0.6 is 0 Å². The highest BCUT2D eigenvalue weighted by Gasteiger charge is 2.29. The van der Waals surface area contributed by atoms with E-state index in [-0.39, 0.29) is 16.7 Å². The van der Waals surface area contributed by atoms with Crippen LogP contribution in [0.5, 0.6) is 0 Å². The first-order valence-corrected chi connectivity index (χ1v) is 10.3. The van der Waals surface area contributed by atoms with E-state index in [2.05, 4.69) is 25.4 Å². The predicted octanol–water partition coefficient (Wildman–Crippen LogP) is 3.39. The van der Waals surface area contributed by atoms with E-state index in [4.69, 9.17) is 4.42 Å². The quantitative estimate of drug-likeness (QED) is 0.432. The molecule has 0 atom stereocenters. The molecular formula is C20H14N6O3S. The molecule has 0 fully saturated rings. The molecule has 5 aromatic rings. The molecule has 0 bridgehead atoms. The zero-order valence-electron chi connectivity index (χ0n) is 15.4. The van der Waals surface area contributed by atoms with Crippen molar-refractivity contribution in [1.82, 2.24) is 19.9 Å². The molecule has 0 saturated heterocycles. The SMILES string of the molecule is O=S(=O)(c1ccccc1)N(Nc1ncnc2c1oc1ccccc12)c1ncccn1. The average Bonchev–Trinajstić information content (AvgIpc) is 3.18. The summed E-state index contributed by atoms with van der Waals surface area (Å²) in [6.07, 6.45) is 4.24. The van der Waals surface area contributed by atoms with Gasteiger partial charge in [-0.25, -0.2) is 19.9 Å². The Morgan fingerprint density at radius 3 is 2.37 bits per heavy atom. The van der Waals surface area contributed by atoms with E-state index in [0.29, 0.717) is 16.7 Å². The number of hydrogen-bond acceptors (Lipinski definition) is 8. The molecule has 3 aromatic heterocycles. The molecule has 2 aromatic carbocycles. The molecule has 10 heteroatoms. The fourth-order valence-electron chi connectivity index (χ4n) is 3.01. The molecule has 1 N–H and O–H groups in total. The van der Waals surface area contributed by atoms with Crippen molar-refractivity contribution in [3.63, 3.8) is 0 Å². The number of nitrogens with zero attached hydrogens (tertiary/aromatic N) is 5. The van der Waals surface area contributed by atoms with E-state index in [9.17, 15) is 8.42 Å². The first-order valence-electron chi connectivity index (χ1n) is 8.91. The molecule has 30 heavy (non-hydrogen) atoms. The number of hydrogen-bond donors (Lipinski definition) is 1. The minimum atomic E-state index is -4.06. The van der Waals surface area contributed by atoms with E-state index in [1.54, 1.807) is 30.3 Å². The van der Waals surface area contributed by atoms with Gasteiger partial charge in [-0.1, -0.05) is 30.3 Å². The molecule has 5 rings (SSSR count). The van der Waals surface area contributed by atoms with Crippen LogP contribution in [0, 0.1) is 0 Å². The van der Waals surface area contributed by atoms with E-state index in [1.165, 1.54) is 30.9 Å². The summed E-state index contributed by atoms with van der Waals surface area (Å²) in [5.74, 6) is 0.104. The largest absolute Gasteiger partial charge is 0.450 e. The van der Waals surface area contributed by atoms with Crippen LogP contribution in [0.2, 0.25) is 0 Å². The summed E-state index contributed by atoms with van der Waals surface area (Å²) in [4.78, 5) is 16.7. The van der Waals surface area contributed by atoms with E-state index in [0.717, 1.165) is 9.80 Å². The first-order chi connectivity index (χ1) is 14.6. The Morgan fingerprint density at radius 2 is 1.57 bits per heavy atom. The smallest absolute Gasteiger partial charge is 0.284 e. The molecular weight excluding hydrogens is 404 g/mol. The Bertz CT molecular complexity index is 1440. The molecule has 0 aliphatic rings. The summed E-state index contributed by atoms with van der Waals surface area (Å²) in [7, 11) is -4.06. The summed E-state index contributed by atoms with van der Waals surface area (Å²) < 4.78 is 33.5. The van der Waals surface area contributed by atoms with Crippen LogP contribution in [0.1, 0.15) is 0 Å². The van der Waals surface area contributed by atoms with Crippen molar-refractivity contribution in [1.29, 1.82) is 0 Å². The lowest BCUT2D eigenvalue weighted by molar-refractivity contribution is 0.593. The van der Waals surface area contributed by atoms with Crippen molar-refractivity contribution in [2.75, 3.05) is 9.84 Å². The summed E-state index contributed by atoms with van der Waals surface area (Å²) in [5, 5.41) is 0.798. The van der Waals surface area contributed by atoms with Crippen molar-refractivity contribution < 1.29 is 12.8 Å². The van der Waals surface area contributed by atoms with Crippen molar-refractivity contribution in [2.24, 2.45) is 0 Å². The lowest BCUT2D eigenvalue weighted by Gasteiger charge is -2.22. The molecule has 3 heterocycles. The van der Waals surface area contributed by atoms with Gasteiger partial charge in [-0.05, 0) is 30.3 Å². The second-order valence-electron chi connectivity index (χ2n) is 6.24. The maximum absolute atomic E-state index is 13.4. The van der Waals surface area contributed by atoms with Gasteiger partial charge in [0.15, 0.2) is 11.4 Å². The van der Waals surface area contributed by atoms with Crippen LogP contribution in [0.3, 0.4) is 0 Å². The van der Waals surface area contributed by atoms with Gasteiger partial charge in [0.25, 0.3) is 16.0 Å². The fourth-order valence-corrected chi connectivity index (χ4v) is 4.24. The number of nitrogens with one attached hydrogen (secondary N) is 1. The average molecular weight is 418 g/mol. The Balaban J connectivity index is 1.67. The van der Waals surface area contributed by atoms with Gasteiger partial charge in [-0.15, -0.1) is 4.41 Å². The van der Waals surface area contributed by atoms with Gasteiger partial charge in [0.1, 0.15) is 17.4 Å². The van der Waals surface area contributed by atoms with Gasteiger partial charge in [-0.3, -0.25) is 5.43 Å². The molecule has 0 spiro atoms. The van der Waals surface area contributed by atoms with Crippen molar-refractivity contribution in [3.05, 3.63) is 79.4 Å². The summed E-state index contributed by atoms with van der Waals surface area (Å²) >= 11 is 0. The zero-order valence-corrected chi connectivity index (χ0v) is 16.2. The minimum absolute atomic E-state index is 0.0655. The van der Waals surface area contributed by atoms with Crippen LogP contribution in [0.4, 0.5) is 11.8 Å². The van der Waals surface area contributed by atoms with Crippen LogP contribution in [-0.4, -0.2) is 28.4 Å². The highest BCUT2D eigenvalue weighted by molar-refractivity contribution is 7.92. The number of fused-ring (bicyclic) bond motifs is 3. The van der Waals surface area contributed by atoms with E-state index < -0.39 is 10.0 Å². The molecule has 0 radical (unpaired) electrons. The molecule has 9 nitrogen and oxygen atoms in total. The summed E-state index contributed by atoms with van der Waals surface area (Å²) in [5.41, 5.74) is 4.31. The maximum atomic E-state index is 13.4. The van der Waals surface area contributed by atoms with Gasteiger partial charge in [0.05, 0.1) is 4.90 Å². The van der Waals surface area contributed by atoms with Crippen molar-refractivity contribution >= 4 is 43.9 Å². The van der Waals surface area contributed by atoms with Gasteiger partial charge in [0, 0.05) is 17.8 Å². The predicted molar refractivity (Wildman–Crippen MR) is 111 cm³/mol. The number of furan rings is 1. The number of benzene rings is 2. The normalized spacial score (nSPS) is 11.6. The van der Waals surface area contributed by atoms with E-state index in [1.807, 2.05) is 18.2 Å². The van der Waals surface area contributed by atoms with Crippen LogP contribution in [-0.2, 0) is 10.0 Å². The third-order valence-corrected chi connectivity index (χ3v) is 5.98. The number of hydrazine groups is 1. The molecule has 0 aliphatic carbocycles. The lowest BCUT2D eigenvalue weighted by atomic mass is 10.2. The van der Waals surface area contributed by atoms with E-state index >= 15 is 0 Å². The summed E-state index contributed by atoms with van der Waals surface area (Å²) in [6.45, 7) is 0. The number of rotatable bonds is 5. The molecule has 0 unspecified atom stereocenters. The Morgan fingerprint density at radius 1 is 0.833 bits per heavy atom. The second kappa shape index (κ2) is 7.08. The second-order valence-corrected chi connectivity index (χ2v) is 8.03. The molecule has 0 aliphatic heterocycles. The highest BCUT2D eigenvalue weighted by atomic mass is 32.2. The number of aromatic nitrogens is 4. The molecule has 0 amide bonds. The van der Waals surface area contributed by atoms with Gasteiger partial charge in [0.2, 0.25) is 0 Å². The van der Waals surface area contributed by atoms with Crippen LogP contribution in [0.15, 0.2) is 88.7 Å². The Kier molecular flexibility index (Phi) is 4.25. The van der Waals surface area contributed by atoms with Crippen molar-refractivity contribution in [3.8, 4) is 0 Å². The molecule has 148 valence electrons. The van der Waals surface area contributed by atoms with Crippen LogP contribution in [0.25, 0.3) is 22.1 Å². The number of para-hydroxylation sites is 1. The highest BCUT2D eigenvalue weighted by Crippen LogP contribution is 2.31. The topological polar surface area (TPSA) is 114 Å². The van der Waals surface area contributed by atoms with Crippen LogP contribution < -0.4 is 9.84 Å². The Labute approximate surface area is 171 Å². The van der Waals surface area contributed by atoms with Gasteiger partial charge in [-0.2, -0.15) is 8.42 Å². The Hall–Kier alpha value is -4.05. The summed E-state index contributed by atoms with van der Waals surface area (Å²) in [6, 6.07) is 17.0. The lowest BCUT2D eigenvalue weighted by Crippen LogP contribution is -2.38. The third kappa shape index (κ3) is 2.99. The minimum Gasteiger partial charge on any atom is -0.450 e. The number of sulfonamides is 1. The first kappa shape index (κ1) is 18.0. The maximum Gasteiger partial charge on any atom is 0.284 e. The van der Waals surface area contributed by atoms with Crippen molar-refractivity contribution in [2.45, 2.75) is 4.90 Å². The monoisotopic (exact) mass is 418 g/mol. The number of anilines is 2. The fraction of sp³-hybridized carbons (Fsp3) is 0.